The van der Waals surface area contributed by atoms with Gasteiger partial charge in [0, 0.05) is 6.54 Å². The number of rotatable bonds is 12. The third-order valence-electron chi connectivity index (χ3n) is 4.83. The molecule has 2 N–H and O–H groups in total. The molecule has 0 amide bonds. The van der Waals surface area contributed by atoms with Gasteiger partial charge in [-0.1, -0.05) is 6.92 Å². The zero-order valence-electron chi connectivity index (χ0n) is 18.6. The molecular formula is C22H29N3O6S. The van der Waals surface area contributed by atoms with E-state index in [0.717, 1.165) is 17.8 Å². The number of nitrogens with zero attached hydrogens (tertiary/aromatic N) is 2. The van der Waals surface area contributed by atoms with Gasteiger partial charge in [0.25, 0.3) is 5.56 Å². The van der Waals surface area contributed by atoms with E-state index in [2.05, 4.69) is 9.97 Å². The number of aromatic amines is 1. The number of H-pyrrole nitrogens is 1. The largest absolute Gasteiger partial charge is 0.467 e. The molecule has 174 valence electrons. The van der Waals surface area contributed by atoms with Crippen LogP contribution in [0.3, 0.4) is 0 Å². The number of aliphatic hydroxyl groups excluding tert-OH is 1. The lowest BCUT2D eigenvalue weighted by Crippen LogP contribution is -2.36. The van der Waals surface area contributed by atoms with E-state index < -0.39 is 12.1 Å². The second kappa shape index (κ2) is 11.4. The topological polar surface area (TPSA) is 118 Å². The van der Waals surface area contributed by atoms with Gasteiger partial charge in [0.1, 0.15) is 27.9 Å². The summed E-state index contributed by atoms with van der Waals surface area (Å²) >= 11 is 1.16. The van der Waals surface area contributed by atoms with Crippen molar-refractivity contribution in [2.45, 2.75) is 46.4 Å². The summed E-state index contributed by atoms with van der Waals surface area (Å²) in [6.45, 7) is 7.68. The lowest BCUT2D eigenvalue weighted by atomic mass is 10.2. The van der Waals surface area contributed by atoms with Crippen molar-refractivity contribution in [3.63, 3.8) is 0 Å². The molecule has 0 radical (unpaired) electrons. The van der Waals surface area contributed by atoms with Crippen LogP contribution in [-0.4, -0.2) is 58.4 Å². The molecule has 0 bridgehead atoms. The quantitative estimate of drug-likeness (QED) is 0.394. The Morgan fingerprint density at radius 2 is 2.22 bits per heavy atom. The van der Waals surface area contributed by atoms with Gasteiger partial charge in [0.15, 0.2) is 0 Å². The van der Waals surface area contributed by atoms with Gasteiger partial charge in [-0.2, -0.15) is 0 Å². The Labute approximate surface area is 190 Å². The summed E-state index contributed by atoms with van der Waals surface area (Å²) in [5, 5.41) is 10.8. The van der Waals surface area contributed by atoms with E-state index in [0.29, 0.717) is 58.5 Å². The number of ether oxygens (including phenoxy) is 2. The Kier molecular flexibility index (Phi) is 8.57. The van der Waals surface area contributed by atoms with Crippen LogP contribution in [-0.2, 0) is 22.6 Å². The Hall–Kier alpha value is -2.53. The Morgan fingerprint density at radius 3 is 2.91 bits per heavy atom. The molecule has 3 aromatic heterocycles. The van der Waals surface area contributed by atoms with Crippen molar-refractivity contribution in [1.29, 1.82) is 0 Å². The molecule has 9 nitrogen and oxygen atoms in total. The number of hydrogen-bond donors (Lipinski definition) is 2. The van der Waals surface area contributed by atoms with Gasteiger partial charge in [0.2, 0.25) is 0 Å². The van der Waals surface area contributed by atoms with Crippen LogP contribution in [0, 0.1) is 6.92 Å². The second-order valence-electron chi connectivity index (χ2n) is 7.45. The van der Waals surface area contributed by atoms with Gasteiger partial charge in [-0.25, -0.2) is 9.78 Å². The number of carbonyl (C=O) groups is 1. The van der Waals surface area contributed by atoms with Gasteiger partial charge in [-0.05, 0) is 44.5 Å². The van der Waals surface area contributed by atoms with E-state index in [1.165, 1.54) is 0 Å². The highest BCUT2D eigenvalue weighted by Gasteiger charge is 2.21. The third kappa shape index (κ3) is 6.04. The van der Waals surface area contributed by atoms with Crippen molar-refractivity contribution in [2.24, 2.45) is 0 Å². The first kappa shape index (κ1) is 24.1. The summed E-state index contributed by atoms with van der Waals surface area (Å²) < 4.78 is 15.8. The maximum Gasteiger partial charge on any atom is 0.348 e. The number of furan rings is 1. The number of fused-ring (bicyclic) bond motifs is 1. The molecule has 3 rings (SSSR count). The van der Waals surface area contributed by atoms with Gasteiger partial charge in [-0.3, -0.25) is 9.69 Å². The van der Waals surface area contributed by atoms with Crippen molar-refractivity contribution >= 4 is 27.5 Å². The van der Waals surface area contributed by atoms with Crippen LogP contribution in [0.25, 0.3) is 10.2 Å². The van der Waals surface area contributed by atoms with Crippen LogP contribution in [0.2, 0.25) is 0 Å². The van der Waals surface area contributed by atoms with E-state index in [1.54, 1.807) is 26.2 Å². The molecule has 0 aromatic carbocycles. The molecule has 3 heterocycles. The maximum absolute atomic E-state index is 12.7. The molecule has 3 aromatic rings. The number of hydrogen-bond acceptors (Lipinski definition) is 9. The Bertz CT molecular complexity index is 1080. The van der Waals surface area contributed by atoms with Crippen molar-refractivity contribution in [1.82, 2.24) is 14.9 Å². The smallest absolute Gasteiger partial charge is 0.348 e. The van der Waals surface area contributed by atoms with E-state index >= 15 is 0 Å². The summed E-state index contributed by atoms with van der Waals surface area (Å²) in [5.41, 5.74) is 0.298. The monoisotopic (exact) mass is 463 g/mol. The lowest BCUT2D eigenvalue weighted by Gasteiger charge is -2.24. The van der Waals surface area contributed by atoms with Crippen molar-refractivity contribution < 1.29 is 23.8 Å². The number of aryl methyl sites for hydroxylation is 1. The van der Waals surface area contributed by atoms with E-state index in [-0.39, 0.29) is 18.8 Å². The van der Waals surface area contributed by atoms with Crippen LogP contribution in [0.15, 0.2) is 27.6 Å². The molecule has 0 spiro atoms. The summed E-state index contributed by atoms with van der Waals surface area (Å²) in [6.07, 6.45) is 1.75. The maximum atomic E-state index is 12.7. The van der Waals surface area contributed by atoms with Crippen LogP contribution in [0.1, 0.15) is 47.1 Å². The zero-order valence-corrected chi connectivity index (χ0v) is 19.4. The van der Waals surface area contributed by atoms with Crippen molar-refractivity contribution in [3.8, 4) is 0 Å². The molecular weight excluding hydrogens is 434 g/mol. The van der Waals surface area contributed by atoms with Crippen LogP contribution < -0.4 is 5.56 Å². The summed E-state index contributed by atoms with van der Waals surface area (Å²) in [6, 6.07) is 3.60. The van der Waals surface area contributed by atoms with Gasteiger partial charge in [-0.15, -0.1) is 11.3 Å². The molecule has 1 atom stereocenters. The highest BCUT2D eigenvalue weighted by atomic mass is 32.1. The predicted molar refractivity (Wildman–Crippen MR) is 121 cm³/mol. The van der Waals surface area contributed by atoms with E-state index in [4.69, 9.17) is 13.9 Å². The fourth-order valence-electron chi connectivity index (χ4n) is 3.46. The predicted octanol–water partition coefficient (Wildman–Crippen LogP) is 2.85. The highest BCUT2D eigenvalue weighted by Crippen LogP contribution is 2.27. The average Bonchev–Trinajstić information content (AvgIpc) is 3.36. The summed E-state index contributed by atoms with van der Waals surface area (Å²) in [4.78, 5) is 35.2. The standard InChI is InChI=1S/C22H29N3O6S/c1-4-8-25(10-15(26)12-29-13-16-7-6-9-31-16)11-17-23-20(27)18-14(3)19(22(28)30-5-2)32-21(18)24-17/h6-7,9,15,26H,4-5,8,10-13H2,1-3H3,(H,23,24,27). The van der Waals surface area contributed by atoms with E-state index in [1.807, 2.05) is 17.9 Å². The molecule has 1 unspecified atom stereocenters. The zero-order chi connectivity index (χ0) is 23.1. The fourth-order valence-corrected chi connectivity index (χ4v) is 4.55. The van der Waals surface area contributed by atoms with Crippen LogP contribution >= 0.6 is 11.3 Å². The Balaban J connectivity index is 1.68. The highest BCUT2D eigenvalue weighted by molar-refractivity contribution is 7.20. The number of nitrogens with one attached hydrogen (secondary N) is 1. The normalized spacial score (nSPS) is 12.5. The molecule has 0 saturated heterocycles. The first-order valence-corrected chi connectivity index (χ1v) is 11.4. The molecule has 0 aliphatic carbocycles. The molecule has 0 fully saturated rings. The lowest BCUT2D eigenvalue weighted by molar-refractivity contribution is 0.00353. The summed E-state index contributed by atoms with van der Waals surface area (Å²) in [5.74, 6) is 0.738. The third-order valence-corrected chi connectivity index (χ3v) is 5.99. The van der Waals surface area contributed by atoms with E-state index in [9.17, 15) is 14.7 Å². The minimum absolute atomic E-state index is 0.164. The number of thiophene rings is 1. The first-order chi connectivity index (χ1) is 15.4. The number of esters is 1. The van der Waals surface area contributed by atoms with Gasteiger partial charge < -0.3 is 24.0 Å². The van der Waals surface area contributed by atoms with Crippen LogP contribution in [0.5, 0.6) is 0 Å². The first-order valence-electron chi connectivity index (χ1n) is 10.6. The van der Waals surface area contributed by atoms with Gasteiger partial charge in [0.05, 0.1) is 37.5 Å². The number of carbonyl (C=O) groups excluding carboxylic acids is 1. The fraction of sp³-hybridized carbons (Fsp3) is 0.500. The molecule has 10 heteroatoms. The number of aliphatic hydroxyl groups is 1. The molecule has 0 aliphatic heterocycles. The molecule has 32 heavy (non-hydrogen) atoms. The minimum Gasteiger partial charge on any atom is -0.467 e. The SMILES string of the molecule is CCCN(Cc1nc2sc(C(=O)OCC)c(C)c2c(=O)[nH]1)CC(O)COCc1ccco1. The summed E-state index contributed by atoms with van der Waals surface area (Å²) in [7, 11) is 0. The Morgan fingerprint density at radius 1 is 1.41 bits per heavy atom. The van der Waals surface area contributed by atoms with Gasteiger partial charge >= 0.3 is 5.97 Å². The van der Waals surface area contributed by atoms with Crippen molar-refractivity contribution in [3.05, 3.63) is 50.8 Å². The second-order valence-corrected chi connectivity index (χ2v) is 8.45. The molecule has 0 saturated carbocycles. The van der Waals surface area contributed by atoms with Crippen LogP contribution in [0.4, 0.5) is 0 Å². The minimum atomic E-state index is -0.702. The average molecular weight is 464 g/mol. The van der Waals surface area contributed by atoms with Crippen molar-refractivity contribution in [2.75, 3.05) is 26.3 Å². The molecule has 0 aliphatic rings. The number of aromatic nitrogens is 2.